The van der Waals surface area contributed by atoms with Crippen molar-refractivity contribution in [3.8, 4) is 0 Å². The van der Waals surface area contributed by atoms with Crippen molar-refractivity contribution in [3.63, 3.8) is 0 Å². The second kappa shape index (κ2) is 30.8. The molecule has 0 spiro atoms. The number of hydrogen-bond donors (Lipinski definition) is 20. The third-order valence-corrected chi connectivity index (χ3v) is 17.9. The summed E-state index contributed by atoms with van der Waals surface area (Å²) in [5.41, 5.74) is 0.400. The first-order chi connectivity index (χ1) is 42.5. The maximum Gasteiger partial charge on any atom is 0.338 e. The predicted molar refractivity (Wildman–Crippen MR) is 282 cm³/mol. The molecule has 0 amide bonds. The highest BCUT2D eigenvalue weighted by Gasteiger charge is 2.60. The van der Waals surface area contributed by atoms with Gasteiger partial charge in [-0.25, -0.2) is 4.79 Å². The van der Waals surface area contributed by atoms with Gasteiger partial charge in [0.05, 0.1) is 65.5 Å². The molecule has 37 nitrogen and oxygen atoms in total. The molecule has 15 heterocycles. The lowest BCUT2D eigenvalue weighted by atomic mass is 9.95. The molecule has 0 radical (unpaired) electrons. The van der Waals surface area contributed by atoms with Crippen LogP contribution in [0.1, 0.15) is 15.9 Å². The molecule has 0 unspecified atom stereocenters. The second-order valence-corrected chi connectivity index (χ2v) is 23.3. The fourth-order valence-corrected chi connectivity index (χ4v) is 12.5. The van der Waals surface area contributed by atoms with E-state index in [4.69, 9.17) is 75.8 Å². The van der Waals surface area contributed by atoms with Crippen molar-refractivity contribution in [1.29, 1.82) is 0 Å². The number of benzene rings is 1. The Bertz CT molecular complexity index is 2400. The van der Waals surface area contributed by atoms with Crippen LogP contribution in [-0.4, -0.2) is 376 Å². The Morgan fingerprint density at radius 2 is 0.596 bits per heavy atom. The van der Waals surface area contributed by atoms with Gasteiger partial charge in [0.25, 0.3) is 0 Å². The minimum Gasteiger partial charge on any atom is -0.465 e. The molecule has 15 fully saturated rings. The van der Waals surface area contributed by atoms with Crippen LogP contribution < -0.4 is 0 Å². The number of rotatable bonds is 11. The van der Waals surface area contributed by atoms with Gasteiger partial charge in [-0.3, -0.25) is 0 Å². The third kappa shape index (κ3) is 14.4. The van der Waals surface area contributed by atoms with E-state index >= 15 is 0 Å². The molecular formula is C51H77IO37. The molecule has 35 atom stereocenters. The van der Waals surface area contributed by atoms with E-state index < -0.39 is 274 Å². The highest BCUT2D eigenvalue weighted by Crippen LogP contribution is 2.40. The average Bonchev–Trinajstić information content (AvgIpc) is 1.20. The van der Waals surface area contributed by atoms with E-state index in [1.807, 2.05) is 22.6 Å². The minimum absolute atomic E-state index is 0.0982. The van der Waals surface area contributed by atoms with Crippen molar-refractivity contribution in [2.45, 2.75) is 222 Å². The fourth-order valence-electron chi connectivity index (χ4n) is 11.7. The molecule has 1 aromatic carbocycles. The molecule has 16 rings (SSSR count). The first-order valence-electron chi connectivity index (χ1n) is 28.2. The highest BCUT2D eigenvalue weighted by molar-refractivity contribution is 14.1. The minimum atomic E-state index is -2.24. The van der Waals surface area contributed by atoms with Crippen LogP contribution in [0.5, 0.6) is 0 Å². The molecule has 14 bridgehead atoms. The van der Waals surface area contributed by atoms with Crippen LogP contribution in [0, 0.1) is 3.57 Å². The van der Waals surface area contributed by atoms with Crippen molar-refractivity contribution < 1.29 is 183 Å². The topological polar surface area (TPSA) is 569 Å². The Balaban J connectivity index is 1.04. The SMILES string of the molecule is COC(=O)c1cccc(CO[C@H]2[C@H]3O[C@H]4[C@H](O)[C@@H](O)[C@@H](O[C@H]5[C@H](O)[C@@H](O)[C@@H](O[C@H]6[C@H](O)[C@@H](O)[C@@H](O[C@H]7[C@H](O)[C@@H](O)[C@@H](O[C@H]8[C@H](O)[C@@H](O)[C@@H](O[C@H]9[C@H](O)[C@@H](O)[C@@H](O[C@@H]([C@@H]2O)[C@@H](CO)O3)O[C@@H]9CO)O[C@@H]8CO)O[C@@H]7CO)O[C@@H]6CO)O[C@@H]5CO)O[C@@H]4CO)c1I. The zero-order valence-electron chi connectivity index (χ0n) is 46.9. The lowest BCUT2D eigenvalue weighted by Crippen LogP contribution is -2.68. The first kappa shape index (κ1) is 71.3. The lowest BCUT2D eigenvalue weighted by Gasteiger charge is -2.50. The molecule has 0 aromatic heterocycles. The fraction of sp³-hybridized carbons (Fsp3) is 0.863. The van der Waals surface area contributed by atoms with Crippen LogP contribution in [0.15, 0.2) is 18.2 Å². The van der Waals surface area contributed by atoms with E-state index in [0.29, 0.717) is 9.13 Å². The van der Waals surface area contributed by atoms with Crippen molar-refractivity contribution in [2.75, 3.05) is 53.4 Å². The normalized spacial score (nSPS) is 49.4. The average molecular weight is 1410 g/mol. The number of aliphatic hydroxyl groups is 20. The van der Waals surface area contributed by atoms with Crippen molar-refractivity contribution >= 4 is 28.6 Å². The molecule has 20 N–H and O–H groups in total. The number of carbonyl (C=O) groups is 1. The smallest absolute Gasteiger partial charge is 0.338 e. The van der Waals surface area contributed by atoms with E-state index in [1.54, 1.807) is 0 Å². The van der Waals surface area contributed by atoms with Crippen LogP contribution >= 0.6 is 22.6 Å². The van der Waals surface area contributed by atoms with Gasteiger partial charge in [-0.2, -0.15) is 0 Å². The lowest BCUT2D eigenvalue weighted by molar-refractivity contribution is -0.398. The number of halogens is 1. The quantitative estimate of drug-likeness (QED) is 0.0723. The molecule has 15 aliphatic rings. The van der Waals surface area contributed by atoms with Crippen LogP contribution in [-0.2, 0) is 82.4 Å². The van der Waals surface area contributed by atoms with E-state index in [1.165, 1.54) is 18.2 Å². The molecule has 89 heavy (non-hydrogen) atoms. The van der Waals surface area contributed by atoms with Gasteiger partial charge in [-0.05, 0) is 34.2 Å². The highest BCUT2D eigenvalue weighted by atomic mass is 127. The Labute approximate surface area is 517 Å². The molecule has 0 saturated carbocycles. The Morgan fingerprint density at radius 1 is 0.360 bits per heavy atom. The standard InChI is InChI=1S/C51H77IO37/c1-74-44(73)14-4-2-3-13(22(14)52)12-75-43-35(72)42-21(11-59)82-51(43)89-41-20(10-58)81-49(34(71)28(41)65)87-39-18(8-56)79-47(32(69)26(39)63)85-37-16(6-54)77-45(30(67)24(37)61)83-36-15(5-53)76-46(29(66)23(36)60)84-38-17(7-55)78-48(31(68)25(38)62)86-40-19(9-57)80-50(88-42)33(70)27(40)64/h2-4,15-21,23-43,45-51,53-72H,5-12H2,1H3/t15-,16-,17-,18-,19-,20-,21-,23-,24-,25-,26-,27-,28-,29-,30-,31-,32-,33-,34-,35+,36-,37-,38-,39-,40-,41-,42-,43-,45-,46-,47-,48-,49-,50-,51-/m1/s1. The summed E-state index contributed by atoms with van der Waals surface area (Å²) >= 11 is 1.83. The van der Waals surface area contributed by atoms with Gasteiger partial charge < -0.3 is 178 Å². The number of carbonyl (C=O) groups excluding carboxylic acids is 1. The molecular weight excluding hydrogens is 1330 g/mol. The van der Waals surface area contributed by atoms with E-state index in [2.05, 4.69) is 0 Å². The summed E-state index contributed by atoms with van der Waals surface area (Å²) in [4.78, 5) is 12.6. The van der Waals surface area contributed by atoms with Crippen LogP contribution in [0.2, 0.25) is 0 Å². The zero-order valence-corrected chi connectivity index (χ0v) is 49.0. The van der Waals surface area contributed by atoms with E-state index in [0.717, 1.165) is 7.11 Å². The van der Waals surface area contributed by atoms with Crippen LogP contribution in [0.3, 0.4) is 0 Å². The largest absolute Gasteiger partial charge is 0.465 e. The van der Waals surface area contributed by atoms with Crippen LogP contribution in [0.25, 0.3) is 0 Å². The van der Waals surface area contributed by atoms with Crippen LogP contribution in [0.4, 0.5) is 0 Å². The molecule has 15 saturated heterocycles. The summed E-state index contributed by atoms with van der Waals surface area (Å²) in [6, 6.07) is 4.46. The van der Waals surface area contributed by atoms with E-state index in [-0.39, 0.29) is 5.56 Å². The second-order valence-electron chi connectivity index (χ2n) is 22.2. The van der Waals surface area contributed by atoms with Crippen molar-refractivity contribution in [1.82, 2.24) is 0 Å². The molecule has 15 aliphatic heterocycles. The molecule has 510 valence electrons. The third-order valence-electron chi connectivity index (χ3n) is 16.7. The number of fused-ring (bicyclic) bond motifs is 7. The molecule has 38 heteroatoms. The maximum absolute atomic E-state index is 12.6. The van der Waals surface area contributed by atoms with E-state index in [9.17, 15) is 107 Å². The predicted octanol–water partition coefficient (Wildman–Crippen LogP) is -12.6. The number of ether oxygens (including phenoxy) is 16. The van der Waals surface area contributed by atoms with Gasteiger partial charge in [0.15, 0.2) is 44.0 Å². The summed E-state index contributed by atoms with van der Waals surface area (Å²) in [6.45, 7) is -7.94. The summed E-state index contributed by atoms with van der Waals surface area (Å²) < 4.78 is 93.0. The summed E-state index contributed by atoms with van der Waals surface area (Å²) in [5.74, 6) is -0.731. The van der Waals surface area contributed by atoms with Crippen molar-refractivity contribution in [3.05, 3.63) is 32.9 Å². The number of aliphatic hydroxyl groups excluding tert-OH is 20. The van der Waals surface area contributed by atoms with Crippen molar-refractivity contribution in [2.24, 2.45) is 0 Å². The van der Waals surface area contributed by atoms with Gasteiger partial charge in [-0.15, -0.1) is 0 Å². The Morgan fingerprint density at radius 3 is 0.843 bits per heavy atom. The molecule has 0 aliphatic carbocycles. The monoisotopic (exact) mass is 1410 g/mol. The maximum atomic E-state index is 12.6. The molecule has 1 aromatic rings. The zero-order chi connectivity index (χ0) is 64.6. The Hall–Kier alpha value is -1.98. The Kier molecular flexibility index (Phi) is 24.7. The van der Waals surface area contributed by atoms with Gasteiger partial charge in [0.2, 0.25) is 0 Å². The summed E-state index contributed by atoms with van der Waals surface area (Å²) in [6.07, 6.45) is -70.6. The number of esters is 1. The number of hydrogen-bond acceptors (Lipinski definition) is 37. The van der Waals surface area contributed by atoms with Gasteiger partial charge in [-0.1, -0.05) is 12.1 Å². The van der Waals surface area contributed by atoms with Gasteiger partial charge in [0, 0.05) is 3.57 Å². The van der Waals surface area contributed by atoms with Gasteiger partial charge in [0.1, 0.15) is 171 Å². The first-order valence-corrected chi connectivity index (χ1v) is 29.3. The summed E-state index contributed by atoms with van der Waals surface area (Å²) in [5, 5.41) is 224. The van der Waals surface area contributed by atoms with Gasteiger partial charge >= 0.3 is 5.97 Å². The number of methoxy groups -OCH3 is 1. The summed E-state index contributed by atoms with van der Waals surface area (Å²) in [7, 11) is 1.15.